The topological polar surface area (TPSA) is 46.7 Å². The second kappa shape index (κ2) is 14.4. The predicted octanol–water partition coefficient (Wildman–Crippen LogP) is 15.4. The number of fused-ring (bicyclic) bond motifs is 6. The normalized spacial score (nSPS) is 11.4. The average Bonchev–Trinajstić information content (AvgIpc) is 3.82. The third-order valence-electron chi connectivity index (χ3n) is 11.4. The first-order chi connectivity index (χ1) is 30.2. The highest BCUT2D eigenvalue weighted by Crippen LogP contribution is 2.51. The zero-order chi connectivity index (χ0) is 42.7. The van der Waals surface area contributed by atoms with Crippen LogP contribution in [0, 0.1) is 31.0 Å². The van der Waals surface area contributed by atoms with Crippen LogP contribution in [0.5, 0.6) is 0 Å². The molecule has 0 aliphatic heterocycles. The summed E-state index contributed by atoms with van der Waals surface area (Å²) < 4.78 is 49.4. The van der Waals surface area contributed by atoms with Crippen molar-refractivity contribution in [1.29, 1.82) is 5.26 Å². The van der Waals surface area contributed by atoms with Crippen LogP contribution in [0.1, 0.15) is 11.1 Å². The van der Waals surface area contributed by atoms with E-state index in [9.17, 15) is 5.26 Å². The minimum absolute atomic E-state index is 0.0662. The molecule has 0 unspecified atom stereocenters. The van der Waals surface area contributed by atoms with Crippen molar-refractivity contribution in [2.75, 3.05) is 0 Å². The highest BCUT2D eigenvalue weighted by Gasteiger charge is 2.36. The third kappa shape index (κ3) is 5.85. The lowest BCUT2D eigenvalue weighted by atomic mass is 9.94. The molecule has 62 heavy (non-hydrogen) atoms. The number of hydrogen-bond donors (Lipinski definition) is 0. The summed E-state index contributed by atoms with van der Waals surface area (Å²) in [6.07, 6.45) is -4.84. The van der Waals surface area contributed by atoms with Gasteiger partial charge in [-0.2, -0.15) is 18.4 Å². The maximum Gasteiger partial charge on any atom is 0.415 e. The number of benzene rings is 8. The number of para-hydroxylation sites is 2. The van der Waals surface area contributed by atoms with Crippen LogP contribution in [0.4, 0.5) is 30.2 Å². The van der Waals surface area contributed by atoms with Crippen LogP contribution in [0.25, 0.3) is 103 Å². The highest BCUT2D eigenvalue weighted by molar-refractivity contribution is 6.14. The molecule has 2 heterocycles. The van der Waals surface area contributed by atoms with Gasteiger partial charge in [-0.25, -0.2) is 14.5 Å². The van der Waals surface area contributed by atoms with Crippen molar-refractivity contribution < 1.29 is 13.2 Å². The molecule has 0 saturated heterocycles. The minimum atomic E-state index is -4.84. The molecule has 2 aromatic heterocycles. The first kappa shape index (κ1) is 37.4. The van der Waals surface area contributed by atoms with E-state index < -0.39 is 11.7 Å². The second-order valence-corrected chi connectivity index (χ2v) is 14.8. The van der Waals surface area contributed by atoms with E-state index in [1.54, 1.807) is 36.4 Å². The van der Waals surface area contributed by atoms with Gasteiger partial charge in [0.25, 0.3) is 0 Å². The molecule has 0 bridgehead atoms. The number of hydrogen-bond acceptors (Lipinski definition) is 1. The number of nitriles is 1. The van der Waals surface area contributed by atoms with E-state index in [2.05, 4.69) is 20.6 Å². The Balaban J connectivity index is 1.38. The van der Waals surface area contributed by atoms with Crippen molar-refractivity contribution >= 4 is 60.7 Å². The van der Waals surface area contributed by atoms with Gasteiger partial charge in [0.05, 0.1) is 70.4 Å². The zero-order valence-electron chi connectivity index (χ0n) is 32.4. The summed E-state index contributed by atoms with van der Waals surface area (Å²) in [5, 5.41) is 13.1. The van der Waals surface area contributed by atoms with E-state index >= 15 is 13.2 Å². The van der Waals surface area contributed by atoms with Gasteiger partial charge in [-0.1, -0.05) is 115 Å². The summed E-state index contributed by atoms with van der Waals surface area (Å²) in [6.45, 7) is 24.7. The summed E-state index contributed by atoms with van der Waals surface area (Å²) in [4.78, 5) is 11.5. The maximum atomic E-state index is 15.2. The van der Waals surface area contributed by atoms with Gasteiger partial charge >= 0.3 is 6.18 Å². The van der Waals surface area contributed by atoms with Gasteiger partial charge in [0.2, 0.25) is 5.69 Å². The van der Waals surface area contributed by atoms with E-state index in [0.29, 0.717) is 28.0 Å². The summed E-state index contributed by atoms with van der Waals surface area (Å²) >= 11 is 0. The lowest BCUT2D eigenvalue weighted by Gasteiger charge is -2.23. The fraction of sp³-hybridized carbons (Fsp3) is 0.0189. The molecule has 0 spiro atoms. The molecule has 0 fully saturated rings. The van der Waals surface area contributed by atoms with Gasteiger partial charge in [-0.05, 0) is 76.3 Å². The van der Waals surface area contributed by atoms with Crippen LogP contribution in [0.2, 0.25) is 0 Å². The zero-order valence-corrected chi connectivity index (χ0v) is 32.4. The minimum Gasteiger partial charge on any atom is -0.319 e. The number of nitrogens with zero attached hydrogens (tertiary/aromatic N) is 6. The van der Waals surface area contributed by atoms with Crippen LogP contribution in [0.15, 0.2) is 164 Å². The fourth-order valence-electron chi connectivity index (χ4n) is 8.76. The Morgan fingerprint density at radius 3 is 1.71 bits per heavy atom. The third-order valence-corrected chi connectivity index (χ3v) is 11.4. The fourth-order valence-corrected chi connectivity index (χ4v) is 8.76. The van der Waals surface area contributed by atoms with Crippen LogP contribution < -0.4 is 0 Å². The van der Waals surface area contributed by atoms with Crippen molar-refractivity contribution in [3.8, 4) is 50.8 Å². The summed E-state index contributed by atoms with van der Waals surface area (Å²) in [5.41, 5.74) is 6.16. The van der Waals surface area contributed by atoms with Crippen molar-refractivity contribution in [3.63, 3.8) is 0 Å². The number of aromatic nitrogens is 2. The molecule has 6 nitrogen and oxygen atoms in total. The van der Waals surface area contributed by atoms with E-state index in [-0.39, 0.29) is 28.2 Å². The average molecular weight is 805 g/mol. The van der Waals surface area contributed by atoms with Gasteiger partial charge in [0.15, 0.2) is 11.4 Å². The van der Waals surface area contributed by atoms with Crippen molar-refractivity contribution in [3.05, 3.63) is 209 Å². The molecule has 0 atom stereocenters. The SMILES string of the molecule is [C-]#[N+]c1cccc(-c2ccc3c4ccccc4n(-c4c(-c5c([N+]#[C-])cccc5C(F)(F)F)ccc(-n5c6ccccc6c6ccc(-c7cccc(C#N)c7)cc65)c4[N+]#[C-])c3c2)c1. The first-order valence-corrected chi connectivity index (χ1v) is 19.4. The Hall–Kier alpha value is -8.89. The molecule has 9 heteroatoms. The van der Waals surface area contributed by atoms with E-state index in [0.717, 1.165) is 60.9 Å². The lowest BCUT2D eigenvalue weighted by molar-refractivity contribution is -0.137. The van der Waals surface area contributed by atoms with Gasteiger partial charge in [0.1, 0.15) is 0 Å². The van der Waals surface area contributed by atoms with Gasteiger partial charge in [-0.15, -0.1) is 0 Å². The largest absolute Gasteiger partial charge is 0.415 e. The summed E-state index contributed by atoms with van der Waals surface area (Å²) in [5.74, 6) is 0. The van der Waals surface area contributed by atoms with Gasteiger partial charge < -0.3 is 9.13 Å². The van der Waals surface area contributed by atoms with Crippen LogP contribution in [0.3, 0.4) is 0 Å². The molecular weight excluding hydrogens is 778 g/mol. The predicted molar refractivity (Wildman–Crippen MR) is 240 cm³/mol. The molecule has 0 aliphatic carbocycles. The molecule has 8 aromatic carbocycles. The maximum absolute atomic E-state index is 15.2. The van der Waals surface area contributed by atoms with Crippen molar-refractivity contribution in [1.82, 2.24) is 9.13 Å². The first-order valence-electron chi connectivity index (χ1n) is 19.4. The monoisotopic (exact) mass is 804 g/mol. The van der Waals surface area contributed by atoms with E-state index in [1.807, 2.05) is 118 Å². The van der Waals surface area contributed by atoms with E-state index in [1.165, 1.54) is 12.1 Å². The van der Waals surface area contributed by atoms with E-state index in [4.69, 9.17) is 19.7 Å². The van der Waals surface area contributed by atoms with Crippen LogP contribution in [-0.2, 0) is 6.18 Å². The Bertz CT molecular complexity index is 3690. The highest BCUT2D eigenvalue weighted by atomic mass is 19.4. The Kier molecular flexibility index (Phi) is 8.70. The standard InChI is InChI=1S/C53H27F3N6/c1-58-37-14-9-13-34(28-37)36-22-24-41-39-16-5-7-20-46(39)62(49(41)30-36)52-42(50-43(53(54,55)56)17-10-18-44(50)59-2)25-26-47(51(52)60-3)61-45-19-6-4-15-38(45)40-23-21-35(29-48(40)61)33-12-8-11-32(27-33)31-57/h4-30H. The molecule has 0 aliphatic rings. The lowest BCUT2D eigenvalue weighted by Crippen LogP contribution is -2.09. The number of alkyl halides is 3. The molecule has 0 radical (unpaired) electrons. The van der Waals surface area contributed by atoms with Crippen LogP contribution in [-0.4, -0.2) is 9.13 Å². The Morgan fingerprint density at radius 1 is 0.500 bits per heavy atom. The van der Waals surface area contributed by atoms with Crippen molar-refractivity contribution in [2.45, 2.75) is 6.18 Å². The molecule has 290 valence electrons. The summed E-state index contributed by atoms with van der Waals surface area (Å²) in [6, 6.07) is 50.8. The number of rotatable bonds is 5. The van der Waals surface area contributed by atoms with Crippen LogP contribution >= 0.6 is 0 Å². The summed E-state index contributed by atoms with van der Waals surface area (Å²) in [7, 11) is 0. The Labute approximate surface area is 353 Å². The smallest absolute Gasteiger partial charge is 0.319 e. The Morgan fingerprint density at radius 2 is 1.08 bits per heavy atom. The molecular formula is C53H27F3N6. The molecule has 10 rings (SSSR count). The molecule has 0 N–H and O–H groups in total. The molecule has 10 aromatic rings. The van der Waals surface area contributed by atoms with Crippen molar-refractivity contribution in [2.24, 2.45) is 0 Å². The molecule has 0 saturated carbocycles. The molecule has 0 amide bonds. The van der Waals surface area contributed by atoms with Gasteiger partial charge in [-0.3, -0.25) is 0 Å². The number of halogens is 3. The van der Waals surface area contributed by atoms with Gasteiger partial charge in [0, 0.05) is 27.1 Å². The second-order valence-electron chi connectivity index (χ2n) is 14.8. The quantitative estimate of drug-likeness (QED) is 0.160.